The van der Waals surface area contributed by atoms with Gasteiger partial charge in [0.1, 0.15) is 11.9 Å². The molecule has 20 heavy (non-hydrogen) atoms. The second kappa shape index (κ2) is 5.94. The van der Waals surface area contributed by atoms with Gasteiger partial charge in [0.25, 0.3) is 5.91 Å². The molecule has 1 aromatic carbocycles. The first kappa shape index (κ1) is 14.4. The molecule has 0 fully saturated rings. The van der Waals surface area contributed by atoms with E-state index < -0.39 is 18.1 Å². The third-order valence-electron chi connectivity index (χ3n) is 2.71. The van der Waals surface area contributed by atoms with Gasteiger partial charge in [-0.15, -0.1) is 0 Å². The molecule has 0 spiro atoms. The number of aromatic nitrogens is 1. The molecular weight excluding hydrogens is 284 g/mol. The fourth-order valence-corrected chi connectivity index (χ4v) is 1.93. The monoisotopic (exact) mass is 296 g/mol. The standard InChI is InChI=1S/C13H13ClN2O4/c1-20-12(18)6-11(17)16-13(19)10-5-7-4-8(14)2-3-9(7)15-10/h2-5,11,15,17H,6H2,1H3,(H,16,19). The van der Waals surface area contributed by atoms with E-state index in [0.717, 1.165) is 10.9 Å². The Labute approximate surface area is 119 Å². The summed E-state index contributed by atoms with van der Waals surface area (Å²) >= 11 is 5.86. The summed E-state index contributed by atoms with van der Waals surface area (Å²) in [6.07, 6.45) is -1.61. The lowest BCUT2D eigenvalue weighted by Gasteiger charge is -2.10. The average Bonchev–Trinajstić information content (AvgIpc) is 2.81. The molecule has 0 radical (unpaired) electrons. The molecule has 1 amide bonds. The minimum atomic E-state index is -1.30. The number of carbonyl (C=O) groups is 2. The van der Waals surface area contributed by atoms with E-state index in [1.165, 1.54) is 7.11 Å². The van der Waals surface area contributed by atoms with Crippen molar-refractivity contribution in [2.24, 2.45) is 0 Å². The summed E-state index contributed by atoms with van der Waals surface area (Å²) < 4.78 is 4.40. The number of methoxy groups -OCH3 is 1. The minimum absolute atomic E-state index is 0.270. The number of amides is 1. The van der Waals surface area contributed by atoms with Gasteiger partial charge < -0.3 is 20.1 Å². The van der Waals surface area contributed by atoms with E-state index in [1.807, 2.05) is 0 Å². The predicted octanol–water partition coefficient (Wildman–Crippen LogP) is 1.43. The molecule has 1 unspecified atom stereocenters. The van der Waals surface area contributed by atoms with E-state index >= 15 is 0 Å². The zero-order valence-corrected chi connectivity index (χ0v) is 11.4. The first-order chi connectivity index (χ1) is 9.49. The van der Waals surface area contributed by atoms with Gasteiger partial charge in [-0.3, -0.25) is 9.59 Å². The van der Waals surface area contributed by atoms with Crippen molar-refractivity contribution in [3.63, 3.8) is 0 Å². The van der Waals surface area contributed by atoms with Crippen LogP contribution in [0.25, 0.3) is 10.9 Å². The fourth-order valence-electron chi connectivity index (χ4n) is 1.75. The van der Waals surface area contributed by atoms with Crippen LogP contribution >= 0.6 is 11.6 Å². The Bertz CT molecular complexity index is 653. The molecular formula is C13H13ClN2O4. The van der Waals surface area contributed by atoms with Crippen LogP contribution < -0.4 is 5.32 Å². The van der Waals surface area contributed by atoms with E-state index in [1.54, 1.807) is 24.3 Å². The van der Waals surface area contributed by atoms with Gasteiger partial charge in [0, 0.05) is 15.9 Å². The maximum absolute atomic E-state index is 11.9. The van der Waals surface area contributed by atoms with Gasteiger partial charge in [0.2, 0.25) is 0 Å². The Morgan fingerprint density at radius 3 is 2.90 bits per heavy atom. The number of rotatable bonds is 4. The lowest BCUT2D eigenvalue weighted by molar-refractivity contribution is -0.143. The van der Waals surface area contributed by atoms with Gasteiger partial charge in [0.05, 0.1) is 13.5 Å². The van der Waals surface area contributed by atoms with Gasteiger partial charge in [-0.2, -0.15) is 0 Å². The smallest absolute Gasteiger partial charge is 0.310 e. The van der Waals surface area contributed by atoms with Gasteiger partial charge in [0.15, 0.2) is 0 Å². The largest absolute Gasteiger partial charge is 0.469 e. The maximum atomic E-state index is 11.9. The van der Waals surface area contributed by atoms with Crippen molar-refractivity contribution in [3.8, 4) is 0 Å². The number of esters is 1. The van der Waals surface area contributed by atoms with Crippen LogP contribution in [0.1, 0.15) is 16.9 Å². The summed E-state index contributed by atoms with van der Waals surface area (Å²) in [6, 6.07) is 6.78. The van der Waals surface area contributed by atoms with Gasteiger partial charge >= 0.3 is 5.97 Å². The molecule has 0 aliphatic carbocycles. The second-order valence-corrected chi connectivity index (χ2v) is 4.62. The summed E-state index contributed by atoms with van der Waals surface area (Å²) in [7, 11) is 1.21. The predicted molar refractivity (Wildman–Crippen MR) is 73.4 cm³/mol. The number of halogens is 1. The third-order valence-corrected chi connectivity index (χ3v) is 2.95. The first-order valence-electron chi connectivity index (χ1n) is 5.83. The molecule has 0 bridgehead atoms. The second-order valence-electron chi connectivity index (χ2n) is 4.18. The number of nitrogens with one attached hydrogen (secondary N) is 2. The highest BCUT2D eigenvalue weighted by Gasteiger charge is 2.16. The van der Waals surface area contributed by atoms with E-state index in [-0.39, 0.29) is 12.1 Å². The highest BCUT2D eigenvalue weighted by molar-refractivity contribution is 6.31. The van der Waals surface area contributed by atoms with Crippen LogP contribution in [0.3, 0.4) is 0 Å². The van der Waals surface area contributed by atoms with E-state index in [0.29, 0.717) is 5.02 Å². The van der Waals surface area contributed by atoms with Crippen molar-refractivity contribution >= 4 is 34.4 Å². The van der Waals surface area contributed by atoms with Crippen LogP contribution in [-0.4, -0.2) is 35.3 Å². The number of aromatic amines is 1. The van der Waals surface area contributed by atoms with Crippen LogP contribution in [-0.2, 0) is 9.53 Å². The molecule has 0 saturated carbocycles. The van der Waals surface area contributed by atoms with Crippen LogP contribution in [0.15, 0.2) is 24.3 Å². The van der Waals surface area contributed by atoms with Gasteiger partial charge in [-0.25, -0.2) is 0 Å². The number of hydrogen-bond acceptors (Lipinski definition) is 4. The first-order valence-corrected chi connectivity index (χ1v) is 6.21. The topological polar surface area (TPSA) is 91.4 Å². The number of fused-ring (bicyclic) bond motifs is 1. The van der Waals surface area contributed by atoms with Crippen molar-refractivity contribution in [3.05, 3.63) is 35.0 Å². The summed E-state index contributed by atoms with van der Waals surface area (Å²) in [4.78, 5) is 25.8. The summed E-state index contributed by atoms with van der Waals surface area (Å²) in [5.41, 5.74) is 1.02. The Hall–Kier alpha value is -2.05. The van der Waals surface area contributed by atoms with Crippen molar-refractivity contribution in [1.82, 2.24) is 10.3 Å². The molecule has 0 aliphatic rings. The number of benzene rings is 1. The zero-order chi connectivity index (χ0) is 14.7. The molecule has 0 aliphatic heterocycles. The lowest BCUT2D eigenvalue weighted by Crippen LogP contribution is -2.36. The summed E-state index contributed by atoms with van der Waals surface area (Å²) in [5, 5.41) is 13.2. The molecule has 6 nitrogen and oxygen atoms in total. The fraction of sp³-hybridized carbons (Fsp3) is 0.231. The maximum Gasteiger partial charge on any atom is 0.310 e. The molecule has 106 valence electrons. The third kappa shape index (κ3) is 3.28. The van der Waals surface area contributed by atoms with Crippen molar-refractivity contribution in [2.45, 2.75) is 12.6 Å². The average molecular weight is 297 g/mol. The van der Waals surface area contributed by atoms with Crippen molar-refractivity contribution in [2.75, 3.05) is 7.11 Å². The number of carbonyl (C=O) groups excluding carboxylic acids is 2. The summed E-state index contributed by atoms with van der Waals surface area (Å²) in [6.45, 7) is 0. The van der Waals surface area contributed by atoms with E-state index in [9.17, 15) is 14.7 Å². The SMILES string of the molecule is COC(=O)CC(O)NC(=O)c1cc2cc(Cl)ccc2[nH]1. The Morgan fingerprint density at radius 1 is 1.45 bits per heavy atom. The number of H-pyrrole nitrogens is 1. The van der Waals surface area contributed by atoms with Crippen molar-refractivity contribution < 1.29 is 19.4 Å². The molecule has 2 aromatic rings. The van der Waals surface area contributed by atoms with Crippen LogP contribution in [0.2, 0.25) is 5.02 Å². The molecule has 1 heterocycles. The highest BCUT2D eigenvalue weighted by atomic mass is 35.5. The highest BCUT2D eigenvalue weighted by Crippen LogP contribution is 2.20. The minimum Gasteiger partial charge on any atom is -0.469 e. The normalized spacial score (nSPS) is 12.2. The van der Waals surface area contributed by atoms with Gasteiger partial charge in [-0.05, 0) is 24.3 Å². The number of aliphatic hydroxyl groups is 1. The van der Waals surface area contributed by atoms with Gasteiger partial charge in [-0.1, -0.05) is 11.6 Å². The van der Waals surface area contributed by atoms with Crippen LogP contribution in [0.4, 0.5) is 0 Å². The Morgan fingerprint density at radius 2 is 2.20 bits per heavy atom. The molecule has 1 aromatic heterocycles. The Balaban J connectivity index is 2.09. The lowest BCUT2D eigenvalue weighted by atomic mass is 10.2. The van der Waals surface area contributed by atoms with Crippen LogP contribution in [0.5, 0.6) is 0 Å². The molecule has 3 N–H and O–H groups in total. The number of hydrogen-bond donors (Lipinski definition) is 3. The zero-order valence-electron chi connectivity index (χ0n) is 10.6. The van der Waals surface area contributed by atoms with Crippen molar-refractivity contribution in [1.29, 1.82) is 0 Å². The molecule has 1 atom stereocenters. The molecule has 0 saturated heterocycles. The van der Waals surface area contributed by atoms with E-state index in [4.69, 9.17) is 11.6 Å². The summed E-state index contributed by atoms with van der Waals surface area (Å²) in [5.74, 6) is -1.13. The quantitative estimate of drug-likeness (QED) is 0.588. The Kier molecular flexibility index (Phi) is 4.26. The number of ether oxygens (including phenoxy) is 1. The molecule has 2 rings (SSSR count). The number of aliphatic hydroxyl groups excluding tert-OH is 1. The van der Waals surface area contributed by atoms with Crippen LogP contribution in [0, 0.1) is 0 Å². The van der Waals surface area contributed by atoms with E-state index in [2.05, 4.69) is 15.0 Å². The molecule has 7 heteroatoms.